The van der Waals surface area contributed by atoms with Crippen molar-refractivity contribution in [1.82, 2.24) is 0 Å². The molecule has 3 heteroatoms. The summed E-state index contributed by atoms with van der Waals surface area (Å²) in [5.41, 5.74) is 1.18. The van der Waals surface area contributed by atoms with Crippen molar-refractivity contribution in [2.45, 2.75) is 38.2 Å². The summed E-state index contributed by atoms with van der Waals surface area (Å²) in [5, 5.41) is 9.32. The Balaban J connectivity index is 2.47. The Morgan fingerprint density at radius 3 is 2.62 bits per heavy atom. The molecule has 74 valence electrons. The number of hydrogen-bond acceptors (Lipinski definition) is 3. The van der Waals surface area contributed by atoms with E-state index in [0.717, 1.165) is 12.8 Å². The topological polar surface area (TPSA) is 46.5 Å². The van der Waals surface area contributed by atoms with Gasteiger partial charge in [-0.3, -0.25) is 0 Å². The number of aliphatic hydroxyl groups is 1. The highest BCUT2D eigenvalue weighted by molar-refractivity contribution is 5.76. The highest BCUT2D eigenvalue weighted by Crippen LogP contribution is 2.23. The van der Waals surface area contributed by atoms with Crippen LogP contribution in [-0.2, 0) is 9.53 Å². The second-order valence-corrected chi connectivity index (χ2v) is 3.35. The van der Waals surface area contributed by atoms with Gasteiger partial charge in [0.1, 0.15) is 0 Å². The minimum Gasteiger partial charge on any atom is -0.467 e. The largest absolute Gasteiger partial charge is 0.467 e. The Morgan fingerprint density at radius 2 is 2.08 bits per heavy atom. The zero-order valence-corrected chi connectivity index (χ0v) is 7.95. The average Bonchev–Trinajstić information content (AvgIpc) is 2.18. The van der Waals surface area contributed by atoms with Crippen LogP contribution in [0.5, 0.6) is 0 Å². The first kappa shape index (κ1) is 10.3. The molecule has 1 rings (SSSR count). The van der Waals surface area contributed by atoms with Crippen LogP contribution in [0.4, 0.5) is 0 Å². The van der Waals surface area contributed by atoms with Crippen LogP contribution in [0.2, 0.25) is 0 Å². The van der Waals surface area contributed by atoms with E-state index >= 15 is 0 Å². The minimum atomic E-state index is -1.07. The van der Waals surface area contributed by atoms with Crippen LogP contribution in [0.25, 0.3) is 0 Å². The summed E-state index contributed by atoms with van der Waals surface area (Å²) in [4.78, 5) is 10.9. The first-order chi connectivity index (χ1) is 6.24. The quantitative estimate of drug-likeness (QED) is 0.521. The molecule has 0 aromatic heterocycles. The lowest BCUT2D eigenvalue weighted by Crippen LogP contribution is -2.20. The molecule has 0 spiro atoms. The zero-order chi connectivity index (χ0) is 9.68. The predicted molar refractivity (Wildman–Crippen MR) is 49.2 cm³/mol. The molecule has 0 heterocycles. The number of allylic oxidation sites excluding steroid dienone is 1. The SMILES string of the molecule is COC(=O)[C@H](O)C=C1CCCCC1. The number of aliphatic hydroxyl groups excluding tert-OH is 1. The van der Waals surface area contributed by atoms with Gasteiger partial charge < -0.3 is 9.84 Å². The van der Waals surface area contributed by atoms with Crippen molar-refractivity contribution < 1.29 is 14.6 Å². The van der Waals surface area contributed by atoms with Gasteiger partial charge in [0.25, 0.3) is 0 Å². The van der Waals surface area contributed by atoms with Crippen LogP contribution < -0.4 is 0 Å². The molecule has 1 aliphatic rings. The van der Waals surface area contributed by atoms with Gasteiger partial charge in [0, 0.05) is 0 Å². The summed E-state index contributed by atoms with van der Waals surface area (Å²) in [6.45, 7) is 0. The summed E-state index contributed by atoms with van der Waals surface area (Å²) >= 11 is 0. The third-order valence-corrected chi connectivity index (χ3v) is 2.33. The molecule has 1 atom stereocenters. The smallest absolute Gasteiger partial charge is 0.338 e. The Hall–Kier alpha value is -0.830. The lowest BCUT2D eigenvalue weighted by Gasteiger charge is -2.14. The van der Waals surface area contributed by atoms with Crippen LogP contribution in [0.15, 0.2) is 11.6 Å². The van der Waals surface area contributed by atoms with Crippen molar-refractivity contribution in [3.63, 3.8) is 0 Å². The summed E-state index contributed by atoms with van der Waals surface area (Å²) in [6, 6.07) is 0. The Morgan fingerprint density at radius 1 is 1.46 bits per heavy atom. The normalized spacial score (nSPS) is 19.4. The number of methoxy groups -OCH3 is 1. The number of hydrogen-bond donors (Lipinski definition) is 1. The molecule has 0 aliphatic heterocycles. The van der Waals surface area contributed by atoms with Crippen molar-refractivity contribution in [2.75, 3.05) is 7.11 Å². The summed E-state index contributed by atoms with van der Waals surface area (Å²) < 4.78 is 4.42. The average molecular weight is 184 g/mol. The first-order valence-electron chi connectivity index (χ1n) is 4.69. The Labute approximate surface area is 78.4 Å². The first-order valence-corrected chi connectivity index (χ1v) is 4.69. The minimum absolute atomic E-state index is 0.571. The highest BCUT2D eigenvalue weighted by Gasteiger charge is 2.14. The molecule has 0 bridgehead atoms. The molecule has 1 fully saturated rings. The van der Waals surface area contributed by atoms with Crippen LogP contribution in [0.3, 0.4) is 0 Å². The number of esters is 1. The number of carbonyl (C=O) groups excluding carboxylic acids is 1. The van der Waals surface area contributed by atoms with E-state index in [4.69, 9.17) is 0 Å². The van der Waals surface area contributed by atoms with Crippen molar-refractivity contribution in [3.8, 4) is 0 Å². The van der Waals surface area contributed by atoms with Gasteiger partial charge in [0.2, 0.25) is 0 Å². The van der Waals surface area contributed by atoms with Gasteiger partial charge >= 0.3 is 5.97 Å². The highest BCUT2D eigenvalue weighted by atomic mass is 16.5. The molecule has 0 radical (unpaired) electrons. The van der Waals surface area contributed by atoms with E-state index in [-0.39, 0.29) is 0 Å². The van der Waals surface area contributed by atoms with E-state index in [9.17, 15) is 9.90 Å². The fourth-order valence-electron chi connectivity index (χ4n) is 1.58. The van der Waals surface area contributed by atoms with E-state index in [2.05, 4.69) is 4.74 Å². The van der Waals surface area contributed by atoms with E-state index < -0.39 is 12.1 Å². The Kier molecular flexibility index (Phi) is 3.96. The van der Waals surface area contributed by atoms with E-state index in [0.29, 0.717) is 0 Å². The van der Waals surface area contributed by atoms with Crippen molar-refractivity contribution in [2.24, 2.45) is 0 Å². The molecule has 0 aromatic carbocycles. The molecule has 13 heavy (non-hydrogen) atoms. The molecule has 0 aromatic rings. The number of ether oxygens (including phenoxy) is 1. The second-order valence-electron chi connectivity index (χ2n) is 3.35. The maximum atomic E-state index is 10.9. The van der Waals surface area contributed by atoms with Gasteiger partial charge in [-0.25, -0.2) is 4.79 Å². The maximum Gasteiger partial charge on any atom is 0.338 e. The molecule has 1 aliphatic carbocycles. The van der Waals surface area contributed by atoms with Gasteiger partial charge in [-0.05, 0) is 31.8 Å². The fourth-order valence-corrected chi connectivity index (χ4v) is 1.58. The van der Waals surface area contributed by atoms with Gasteiger partial charge in [-0.2, -0.15) is 0 Å². The second kappa shape index (κ2) is 5.02. The predicted octanol–water partition coefficient (Wildman–Crippen LogP) is 1.41. The van der Waals surface area contributed by atoms with Crippen LogP contribution in [0, 0.1) is 0 Å². The van der Waals surface area contributed by atoms with Gasteiger partial charge in [0.05, 0.1) is 7.11 Å². The molecule has 0 amide bonds. The van der Waals surface area contributed by atoms with Gasteiger partial charge in [-0.1, -0.05) is 12.0 Å². The van der Waals surface area contributed by atoms with Crippen molar-refractivity contribution in [3.05, 3.63) is 11.6 Å². The Bertz CT molecular complexity index is 200. The molecule has 0 saturated heterocycles. The van der Waals surface area contributed by atoms with Gasteiger partial charge in [0.15, 0.2) is 6.10 Å². The monoisotopic (exact) mass is 184 g/mol. The molecule has 1 N–H and O–H groups in total. The lowest BCUT2D eigenvalue weighted by molar-refractivity contribution is -0.147. The standard InChI is InChI=1S/C10H16O3/c1-13-10(12)9(11)7-8-5-3-2-4-6-8/h7,9,11H,2-6H2,1H3/t9-/m1/s1. The van der Waals surface area contributed by atoms with E-state index in [1.54, 1.807) is 6.08 Å². The molecular formula is C10H16O3. The van der Waals surface area contributed by atoms with E-state index in [1.807, 2.05) is 0 Å². The summed E-state index contributed by atoms with van der Waals surface area (Å²) in [6.07, 6.45) is 6.16. The molecular weight excluding hydrogens is 168 g/mol. The van der Waals surface area contributed by atoms with Gasteiger partial charge in [-0.15, -0.1) is 0 Å². The molecule has 1 saturated carbocycles. The lowest BCUT2D eigenvalue weighted by atomic mass is 9.94. The van der Waals surface area contributed by atoms with Crippen molar-refractivity contribution in [1.29, 1.82) is 0 Å². The summed E-state index contributed by atoms with van der Waals surface area (Å²) in [5.74, 6) is -0.571. The molecule has 3 nitrogen and oxygen atoms in total. The van der Waals surface area contributed by atoms with E-state index in [1.165, 1.54) is 31.9 Å². The molecule has 0 unspecified atom stereocenters. The third kappa shape index (κ3) is 3.19. The van der Waals surface area contributed by atoms with Crippen LogP contribution in [-0.4, -0.2) is 24.3 Å². The fraction of sp³-hybridized carbons (Fsp3) is 0.700. The number of rotatable bonds is 2. The van der Waals surface area contributed by atoms with Crippen molar-refractivity contribution >= 4 is 5.97 Å². The third-order valence-electron chi connectivity index (χ3n) is 2.33. The van der Waals surface area contributed by atoms with Crippen LogP contribution >= 0.6 is 0 Å². The number of carbonyl (C=O) groups is 1. The zero-order valence-electron chi connectivity index (χ0n) is 7.95. The maximum absolute atomic E-state index is 10.9. The summed E-state index contributed by atoms with van der Waals surface area (Å²) in [7, 11) is 1.28. The van der Waals surface area contributed by atoms with Crippen LogP contribution in [0.1, 0.15) is 32.1 Å².